The van der Waals surface area contributed by atoms with Gasteiger partial charge in [0.05, 0.1) is 6.61 Å². The van der Waals surface area contributed by atoms with E-state index in [4.69, 9.17) is 19.5 Å². The highest BCUT2D eigenvalue weighted by molar-refractivity contribution is 6.59. The molecule has 0 bridgehead atoms. The summed E-state index contributed by atoms with van der Waals surface area (Å²) in [6.45, 7) is 3.27. The van der Waals surface area contributed by atoms with E-state index in [1.54, 1.807) is 12.1 Å². The van der Waals surface area contributed by atoms with Gasteiger partial charge in [0.25, 0.3) is 0 Å². The van der Waals surface area contributed by atoms with Gasteiger partial charge in [-0.2, -0.15) is 0 Å². The van der Waals surface area contributed by atoms with E-state index in [0.717, 1.165) is 30.8 Å². The molecule has 0 saturated carbocycles. The van der Waals surface area contributed by atoms with Crippen LogP contribution in [-0.4, -0.2) is 36.5 Å². The Bertz CT molecular complexity index is 375. The molecule has 0 aliphatic carbocycles. The highest BCUT2D eigenvalue weighted by atomic mass is 16.5. The smallest absolute Gasteiger partial charge is 0.488 e. The van der Waals surface area contributed by atoms with Gasteiger partial charge in [-0.25, -0.2) is 0 Å². The number of rotatable bonds is 3. The SMILES string of the molecule is Cc1cc(OC2CCCOC2)ccc1B(O)O. The van der Waals surface area contributed by atoms with Crippen LogP contribution >= 0.6 is 0 Å². The molecular formula is C12H17BO4. The highest BCUT2D eigenvalue weighted by Crippen LogP contribution is 2.17. The van der Waals surface area contributed by atoms with Crippen LogP contribution in [0.5, 0.6) is 5.75 Å². The third kappa shape index (κ3) is 3.22. The zero-order chi connectivity index (χ0) is 12.3. The number of hydrogen-bond donors (Lipinski definition) is 2. The fourth-order valence-corrected chi connectivity index (χ4v) is 2.01. The van der Waals surface area contributed by atoms with Crippen LogP contribution in [0, 0.1) is 6.92 Å². The van der Waals surface area contributed by atoms with Crippen LogP contribution < -0.4 is 10.2 Å². The molecule has 1 aliphatic heterocycles. The van der Waals surface area contributed by atoms with Crippen LogP contribution in [0.25, 0.3) is 0 Å². The molecule has 1 unspecified atom stereocenters. The second-order valence-corrected chi connectivity index (χ2v) is 4.35. The summed E-state index contributed by atoms with van der Waals surface area (Å²) in [7, 11) is -1.43. The lowest BCUT2D eigenvalue weighted by atomic mass is 9.77. The molecule has 1 heterocycles. The molecule has 1 aromatic carbocycles. The van der Waals surface area contributed by atoms with Gasteiger partial charge in [0.15, 0.2) is 0 Å². The minimum absolute atomic E-state index is 0.105. The molecule has 92 valence electrons. The number of ether oxygens (including phenoxy) is 2. The predicted octanol–water partition coefficient (Wildman–Crippen LogP) is 0.233. The lowest BCUT2D eigenvalue weighted by molar-refractivity contribution is 0.00742. The molecule has 4 nitrogen and oxygen atoms in total. The maximum Gasteiger partial charge on any atom is 0.488 e. The highest BCUT2D eigenvalue weighted by Gasteiger charge is 2.17. The Morgan fingerprint density at radius 2 is 2.24 bits per heavy atom. The third-order valence-corrected chi connectivity index (χ3v) is 2.94. The molecule has 0 amide bonds. The van der Waals surface area contributed by atoms with Gasteiger partial charge in [0.2, 0.25) is 0 Å². The van der Waals surface area contributed by atoms with Gasteiger partial charge >= 0.3 is 7.12 Å². The summed E-state index contributed by atoms with van der Waals surface area (Å²) in [5.41, 5.74) is 1.33. The normalized spacial score (nSPS) is 20.1. The van der Waals surface area contributed by atoms with Crippen molar-refractivity contribution in [1.29, 1.82) is 0 Å². The molecule has 2 N–H and O–H groups in total. The first kappa shape index (κ1) is 12.4. The van der Waals surface area contributed by atoms with E-state index in [-0.39, 0.29) is 6.10 Å². The van der Waals surface area contributed by atoms with Crippen LogP contribution in [0.3, 0.4) is 0 Å². The second kappa shape index (κ2) is 5.53. The van der Waals surface area contributed by atoms with Crippen molar-refractivity contribution >= 4 is 12.6 Å². The lowest BCUT2D eigenvalue weighted by Crippen LogP contribution is -2.32. The fourth-order valence-electron chi connectivity index (χ4n) is 2.01. The first-order chi connectivity index (χ1) is 8.16. The van der Waals surface area contributed by atoms with Crippen molar-refractivity contribution in [2.75, 3.05) is 13.2 Å². The molecule has 1 saturated heterocycles. The van der Waals surface area contributed by atoms with Crippen LogP contribution in [-0.2, 0) is 4.74 Å². The number of hydrogen-bond acceptors (Lipinski definition) is 4. The fraction of sp³-hybridized carbons (Fsp3) is 0.500. The van der Waals surface area contributed by atoms with Crippen molar-refractivity contribution in [1.82, 2.24) is 0 Å². The summed E-state index contributed by atoms with van der Waals surface area (Å²) in [6, 6.07) is 5.26. The number of benzene rings is 1. The average Bonchev–Trinajstić information content (AvgIpc) is 2.30. The summed E-state index contributed by atoms with van der Waals surface area (Å²) < 4.78 is 11.1. The first-order valence-corrected chi connectivity index (χ1v) is 5.88. The molecule has 1 atom stereocenters. The largest absolute Gasteiger partial charge is 0.488 e. The Kier molecular flexibility index (Phi) is 4.04. The first-order valence-electron chi connectivity index (χ1n) is 5.88. The minimum Gasteiger partial charge on any atom is -0.488 e. The van der Waals surface area contributed by atoms with Crippen LogP contribution in [0.2, 0.25) is 0 Å². The molecule has 17 heavy (non-hydrogen) atoms. The monoisotopic (exact) mass is 236 g/mol. The zero-order valence-corrected chi connectivity index (χ0v) is 9.93. The van der Waals surface area contributed by atoms with Gasteiger partial charge in [0.1, 0.15) is 11.9 Å². The summed E-state index contributed by atoms with van der Waals surface area (Å²) in [5, 5.41) is 18.2. The van der Waals surface area contributed by atoms with Crippen molar-refractivity contribution < 1.29 is 19.5 Å². The maximum atomic E-state index is 9.11. The van der Waals surface area contributed by atoms with Gasteiger partial charge in [-0.1, -0.05) is 6.07 Å². The quantitative estimate of drug-likeness (QED) is 0.737. The maximum absolute atomic E-state index is 9.11. The van der Waals surface area contributed by atoms with Gasteiger partial charge in [-0.15, -0.1) is 0 Å². The summed E-state index contributed by atoms with van der Waals surface area (Å²) in [4.78, 5) is 0. The Morgan fingerprint density at radius 3 is 2.82 bits per heavy atom. The third-order valence-electron chi connectivity index (χ3n) is 2.94. The summed E-state index contributed by atoms with van der Waals surface area (Å²) in [6.07, 6.45) is 2.13. The molecule has 0 aromatic heterocycles. The summed E-state index contributed by atoms with van der Waals surface area (Å²) in [5.74, 6) is 0.752. The van der Waals surface area contributed by atoms with E-state index in [0.29, 0.717) is 12.1 Å². The van der Waals surface area contributed by atoms with E-state index in [1.807, 2.05) is 13.0 Å². The van der Waals surface area contributed by atoms with E-state index in [1.165, 1.54) is 0 Å². The van der Waals surface area contributed by atoms with E-state index >= 15 is 0 Å². The standard InChI is InChI=1S/C12H17BO4/c1-9-7-10(4-5-12(9)13(14)15)17-11-3-2-6-16-8-11/h4-5,7,11,14-15H,2-3,6,8H2,1H3. The molecular weight excluding hydrogens is 219 g/mol. The van der Waals surface area contributed by atoms with Crippen molar-refractivity contribution in [2.24, 2.45) is 0 Å². The molecule has 5 heteroatoms. The Morgan fingerprint density at radius 1 is 1.41 bits per heavy atom. The van der Waals surface area contributed by atoms with Gasteiger partial charge < -0.3 is 19.5 Å². The van der Waals surface area contributed by atoms with Gasteiger partial charge in [-0.3, -0.25) is 0 Å². The van der Waals surface area contributed by atoms with Crippen LogP contribution in [0.15, 0.2) is 18.2 Å². The van der Waals surface area contributed by atoms with Crippen molar-refractivity contribution in [3.05, 3.63) is 23.8 Å². The molecule has 1 aliphatic rings. The molecule has 0 radical (unpaired) electrons. The molecule has 0 spiro atoms. The van der Waals surface area contributed by atoms with E-state index < -0.39 is 7.12 Å². The molecule has 2 rings (SSSR count). The van der Waals surface area contributed by atoms with Gasteiger partial charge in [-0.05, 0) is 42.9 Å². The predicted molar refractivity (Wildman–Crippen MR) is 65.5 cm³/mol. The van der Waals surface area contributed by atoms with Crippen molar-refractivity contribution in [3.63, 3.8) is 0 Å². The summed E-state index contributed by atoms with van der Waals surface area (Å²) >= 11 is 0. The van der Waals surface area contributed by atoms with E-state index in [2.05, 4.69) is 0 Å². The Hall–Kier alpha value is -1.04. The molecule has 1 aromatic rings. The van der Waals surface area contributed by atoms with Crippen molar-refractivity contribution in [3.8, 4) is 5.75 Å². The zero-order valence-electron chi connectivity index (χ0n) is 9.93. The Labute approximate surface area is 101 Å². The topological polar surface area (TPSA) is 58.9 Å². The number of aryl methyl sites for hydroxylation is 1. The second-order valence-electron chi connectivity index (χ2n) is 4.35. The van der Waals surface area contributed by atoms with E-state index in [9.17, 15) is 0 Å². The Balaban J connectivity index is 2.04. The van der Waals surface area contributed by atoms with Crippen LogP contribution in [0.4, 0.5) is 0 Å². The lowest BCUT2D eigenvalue weighted by Gasteiger charge is -2.23. The average molecular weight is 236 g/mol. The minimum atomic E-state index is -1.43. The van der Waals surface area contributed by atoms with Crippen LogP contribution in [0.1, 0.15) is 18.4 Å². The van der Waals surface area contributed by atoms with Gasteiger partial charge in [0, 0.05) is 6.61 Å². The molecule has 1 fully saturated rings. The van der Waals surface area contributed by atoms with Crippen molar-refractivity contribution in [2.45, 2.75) is 25.9 Å².